The average molecular weight is 660 g/mol. The van der Waals surface area contributed by atoms with E-state index in [-0.39, 0.29) is 25.7 Å². The third-order valence-corrected chi connectivity index (χ3v) is 8.32. The number of carbonyl (C=O) groups is 2. The van der Waals surface area contributed by atoms with Crippen LogP contribution < -0.4 is 4.90 Å². The summed E-state index contributed by atoms with van der Waals surface area (Å²) >= 11 is 13.7. The SMILES string of the molecule is CCOC(=O)[C@@H](c1ncn2c1C[C@@H](F)C2)n1cc2c(Cl)cc(-c3ccc(N(C)CCN(C)C(=O)OC(C)(C)C)cc3)c(Cl)c2n1. The molecule has 5 rings (SSSR count). The van der Waals surface area contributed by atoms with Crippen molar-refractivity contribution in [2.75, 3.05) is 38.7 Å². The van der Waals surface area contributed by atoms with Crippen LogP contribution in [0.3, 0.4) is 0 Å². The molecule has 0 unspecified atom stereocenters. The van der Waals surface area contributed by atoms with Crippen LogP contribution in [-0.4, -0.2) is 81.9 Å². The first kappa shape index (κ1) is 32.6. The van der Waals surface area contributed by atoms with E-state index in [1.54, 1.807) is 35.7 Å². The van der Waals surface area contributed by atoms with Gasteiger partial charge in [0.15, 0.2) is 6.04 Å². The second kappa shape index (κ2) is 12.9. The number of aromatic nitrogens is 4. The number of benzene rings is 2. The first-order valence-electron chi connectivity index (χ1n) is 14.7. The number of hydrogen-bond acceptors (Lipinski definition) is 7. The molecule has 3 heterocycles. The smallest absolute Gasteiger partial charge is 0.410 e. The van der Waals surface area contributed by atoms with Crippen LogP contribution in [0.4, 0.5) is 14.9 Å². The van der Waals surface area contributed by atoms with E-state index in [2.05, 4.69) is 4.98 Å². The largest absolute Gasteiger partial charge is 0.464 e. The lowest BCUT2D eigenvalue weighted by molar-refractivity contribution is -0.146. The molecule has 0 bridgehead atoms. The zero-order chi connectivity index (χ0) is 32.6. The van der Waals surface area contributed by atoms with E-state index in [9.17, 15) is 14.0 Å². The summed E-state index contributed by atoms with van der Waals surface area (Å²) in [5, 5.41) is 6.03. The fourth-order valence-electron chi connectivity index (χ4n) is 5.31. The molecular weight excluding hydrogens is 622 g/mol. The van der Waals surface area contributed by atoms with Gasteiger partial charge in [0, 0.05) is 62.1 Å². The molecule has 1 aliphatic heterocycles. The van der Waals surface area contributed by atoms with E-state index in [0.717, 1.165) is 11.3 Å². The van der Waals surface area contributed by atoms with Crippen molar-refractivity contribution in [2.24, 2.45) is 0 Å². The zero-order valence-corrected chi connectivity index (χ0v) is 27.7. The number of fused-ring (bicyclic) bond motifs is 2. The molecule has 1 aliphatic rings. The van der Waals surface area contributed by atoms with Crippen molar-refractivity contribution in [1.82, 2.24) is 24.2 Å². The van der Waals surface area contributed by atoms with Crippen LogP contribution in [0, 0.1) is 0 Å². The molecule has 45 heavy (non-hydrogen) atoms. The Bertz CT molecular complexity index is 1720. The van der Waals surface area contributed by atoms with Gasteiger partial charge < -0.3 is 23.8 Å². The van der Waals surface area contributed by atoms with E-state index in [1.807, 2.05) is 57.0 Å². The van der Waals surface area contributed by atoms with Crippen LogP contribution in [0.25, 0.3) is 22.0 Å². The minimum atomic E-state index is -1.04. The number of ether oxygens (including phenoxy) is 2. The maximum Gasteiger partial charge on any atom is 0.410 e. The number of anilines is 1. The highest BCUT2D eigenvalue weighted by Gasteiger charge is 2.35. The first-order valence-corrected chi connectivity index (χ1v) is 15.5. The molecule has 2 aromatic heterocycles. The fourth-order valence-corrected chi connectivity index (χ4v) is 5.86. The predicted octanol–water partition coefficient (Wildman–Crippen LogP) is 6.56. The number of alkyl halides is 1. The Hall–Kier alpha value is -3.83. The molecule has 2 atom stereocenters. The maximum atomic E-state index is 14.2. The maximum absolute atomic E-state index is 14.2. The standard InChI is InChI=1S/C32H37Cl2FN6O4/c1-7-44-30(42)29(28-25-14-20(35)16-40(25)18-36-28)41-17-23-24(33)15-22(26(34)27(23)37-41)19-8-10-21(11-9-19)38(5)12-13-39(6)31(43)45-32(2,3)4/h8-11,15,17-18,20,29H,7,12-14,16H2,1-6H3/t20-,29-/m1/s1. The molecule has 0 aliphatic carbocycles. The highest BCUT2D eigenvalue weighted by Crippen LogP contribution is 2.40. The van der Waals surface area contributed by atoms with E-state index < -0.39 is 23.8 Å². The van der Waals surface area contributed by atoms with Gasteiger partial charge in [0.1, 0.15) is 17.3 Å². The number of hydrogen-bond donors (Lipinski definition) is 0. The number of esters is 1. The van der Waals surface area contributed by atoms with Gasteiger partial charge in [0.2, 0.25) is 0 Å². The van der Waals surface area contributed by atoms with Gasteiger partial charge in [-0.15, -0.1) is 0 Å². The van der Waals surface area contributed by atoms with Crippen LogP contribution in [0.1, 0.15) is 45.1 Å². The Morgan fingerprint density at radius 3 is 2.53 bits per heavy atom. The fraction of sp³-hybridized carbons (Fsp3) is 0.438. The van der Waals surface area contributed by atoms with Gasteiger partial charge in [0.25, 0.3) is 0 Å². The molecule has 10 nitrogen and oxygen atoms in total. The number of halogens is 3. The summed E-state index contributed by atoms with van der Waals surface area (Å²) in [6, 6.07) is 8.54. The van der Waals surface area contributed by atoms with Gasteiger partial charge in [0.05, 0.1) is 35.2 Å². The van der Waals surface area contributed by atoms with Crippen LogP contribution in [-0.2, 0) is 27.2 Å². The lowest BCUT2D eigenvalue weighted by atomic mass is 10.0. The van der Waals surface area contributed by atoms with Crippen molar-refractivity contribution in [3.8, 4) is 11.1 Å². The third kappa shape index (κ3) is 6.89. The molecule has 0 radical (unpaired) electrons. The molecule has 240 valence electrons. The topological polar surface area (TPSA) is 94.7 Å². The summed E-state index contributed by atoms with van der Waals surface area (Å²) in [5.41, 5.74) is 3.34. The Morgan fingerprint density at radius 1 is 1.16 bits per heavy atom. The van der Waals surface area contributed by atoms with Crippen molar-refractivity contribution < 1.29 is 23.5 Å². The number of rotatable bonds is 9. The lowest BCUT2D eigenvalue weighted by Crippen LogP contribution is -2.38. The molecule has 0 N–H and O–H groups in total. The lowest BCUT2D eigenvalue weighted by Gasteiger charge is -2.27. The number of likely N-dealkylation sites (N-methyl/N-ethyl adjacent to an activating group) is 2. The van der Waals surface area contributed by atoms with Crippen molar-refractivity contribution in [2.45, 2.75) is 58.5 Å². The van der Waals surface area contributed by atoms with E-state index in [0.29, 0.717) is 51.0 Å². The molecule has 0 saturated carbocycles. The first-order chi connectivity index (χ1) is 21.3. The minimum Gasteiger partial charge on any atom is -0.464 e. The third-order valence-electron chi connectivity index (χ3n) is 7.62. The summed E-state index contributed by atoms with van der Waals surface area (Å²) in [6.07, 6.45) is 1.93. The van der Waals surface area contributed by atoms with Gasteiger partial charge in [-0.2, -0.15) is 5.10 Å². The molecule has 0 fully saturated rings. The van der Waals surface area contributed by atoms with Crippen molar-refractivity contribution in [1.29, 1.82) is 0 Å². The summed E-state index contributed by atoms with van der Waals surface area (Å²) in [6.45, 7) is 8.66. The molecular formula is C32H37Cl2FN6O4. The summed E-state index contributed by atoms with van der Waals surface area (Å²) in [7, 11) is 3.66. The normalized spacial score (nSPS) is 15.2. The van der Waals surface area contributed by atoms with Gasteiger partial charge >= 0.3 is 12.1 Å². The number of carbonyl (C=O) groups excluding carboxylic acids is 2. The Morgan fingerprint density at radius 2 is 1.87 bits per heavy atom. The van der Waals surface area contributed by atoms with Crippen LogP contribution in [0.5, 0.6) is 0 Å². The molecule has 1 amide bonds. The Kier molecular flexibility index (Phi) is 9.32. The Labute approximate surface area is 271 Å². The van der Waals surface area contributed by atoms with Crippen LogP contribution >= 0.6 is 23.2 Å². The van der Waals surface area contributed by atoms with E-state index in [1.165, 1.54) is 11.0 Å². The van der Waals surface area contributed by atoms with Gasteiger partial charge in [-0.05, 0) is 51.5 Å². The quantitative estimate of drug-likeness (QED) is 0.188. The van der Waals surface area contributed by atoms with Crippen molar-refractivity contribution >= 4 is 51.9 Å². The molecule has 4 aromatic rings. The van der Waals surface area contributed by atoms with Crippen LogP contribution in [0.2, 0.25) is 10.0 Å². The molecule has 13 heteroatoms. The highest BCUT2D eigenvalue weighted by atomic mass is 35.5. The second-order valence-corrected chi connectivity index (χ2v) is 12.9. The van der Waals surface area contributed by atoms with Gasteiger partial charge in [-0.3, -0.25) is 4.68 Å². The zero-order valence-electron chi connectivity index (χ0n) is 26.2. The predicted molar refractivity (Wildman–Crippen MR) is 173 cm³/mol. The number of amides is 1. The Balaban J connectivity index is 1.39. The summed E-state index contributed by atoms with van der Waals surface area (Å²) in [5.74, 6) is -0.557. The highest BCUT2D eigenvalue weighted by molar-refractivity contribution is 6.42. The summed E-state index contributed by atoms with van der Waals surface area (Å²) < 4.78 is 28.2. The number of imidazole rings is 1. The summed E-state index contributed by atoms with van der Waals surface area (Å²) in [4.78, 5) is 33.5. The van der Waals surface area contributed by atoms with E-state index in [4.69, 9.17) is 37.8 Å². The van der Waals surface area contributed by atoms with Gasteiger partial charge in [-0.1, -0.05) is 35.3 Å². The molecule has 0 spiro atoms. The average Bonchev–Trinajstić information content (AvgIpc) is 3.68. The van der Waals surface area contributed by atoms with E-state index >= 15 is 0 Å². The van der Waals surface area contributed by atoms with Crippen molar-refractivity contribution in [3.05, 3.63) is 64.3 Å². The molecule has 0 saturated heterocycles. The van der Waals surface area contributed by atoms with Crippen molar-refractivity contribution in [3.63, 3.8) is 0 Å². The second-order valence-electron chi connectivity index (χ2n) is 12.1. The minimum absolute atomic E-state index is 0.156. The monoisotopic (exact) mass is 658 g/mol. The molecule has 2 aromatic carbocycles. The van der Waals surface area contributed by atoms with Crippen LogP contribution in [0.15, 0.2) is 42.9 Å². The number of nitrogens with zero attached hydrogens (tertiary/aromatic N) is 6. The van der Waals surface area contributed by atoms with Gasteiger partial charge in [-0.25, -0.2) is 19.0 Å².